The topological polar surface area (TPSA) is 104 Å². The van der Waals surface area contributed by atoms with Gasteiger partial charge in [-0.2, -0.15) is 4.52 Å². The molecule has 10 nitrogen and oxygen atoms in total. The van der Waals surface area contributed by atoms with Gasteiger partial charge in [0, 0.05) is 33.3 Å². The van der Waals surface area contributed by atoms with Crippen LogP contribution in [0.5, 0.6) is 0 Å². The van der Waals surface area contributed by atoms with Crippen LogP contribution in [0.2, 0.25) is 0 Å². The molecule has 0 aromatic carbocycles. The molecule has 1 N–H and O–H groups in total. The summed E-state index contributed by atoms with van der Waals surface area (Å²) >= 11 is 0. The Kier molecular flexibility index (Phi) is 3.34. The highest BCUT2D eigenvalue weighted by Crippen LogP contribution is 2.23. The number of nitrogens with one attached hydrogen (secondary N) is 1. The number of fused-ring (bicyclic) bond motifs is 1. The lowest BCUT2D eigenvalue weighted by atomic mass is 10.1. The average Bonchev–Trinajstić information content (AvgIpc) is 2.91. The van der Waals surface area contributed by atoms with Crippen LogP contribution in [0.1, 0.15) is 5.82 Å². The van der Waals surface area contributed by atoms with Gasteiger partial charge >= 0.3 is 5.69 Å². The van der Waals surface area contributed by atoms with E-state index in [1.54, 1.807) is 4.52 Å². The standard InChI is InChI=1S/C15H18N8O2/c1-9-17-18-11-4-5-12(19-23(9)11)22-7-10(8-22)20(2)13-6-14(24)21(3)15(25)16-13/h4-6,10H,7-8H2,1-3H3,(H,16,25). The maximum atomic E-state index is 11.8. The first-order valence-electron chi connectivity index (χ1n) is 7.91. The predicted octanol–water partition coefficient (Wildman–Crippen LogP) is -0.855. The van der Waals surface area contributed by atoms with Crippen LogP contribution >= 0.6 is 0 Å². The van der Waals surface area contributed by atoms with E-state index >= 15 is 0 Å². The lowest BCUT2D eigenvalue weighted by Gasteiger charge is -2.45. The second kappa shape index (κ2) is 5.43. The number of likely N-dealkylation sites (N-methyl/N-ethyl adjacent to an activating group) is 1. The van der Waals surface area contributed by atoms with Gasteiger partial charge in [-0.05, 0) is 19.1 Å². The third-order valence-electron chi connectivity index (χ3n) is 4.65. The summed E-state index contributed by atoms with van der Waals surface area (Å²) in [5, 5.41) is 12.6. The fourth-order valence-electron chi connectivity index (χ4n) is 2.87. The molecule has 1 saturated heterocycles. The maximum absolute atomic E-state index is 11.8. The molecule has 130 valence electrons. The van der Waals surface area contributed by atoms with Crippen molar-refractivity contribution in [2.75, 3.05) is 29.9 Å². The Morgan fingerprint density at radius 2 is 2.00 bits per heavy atom. The molecule has 10 heteroatoms. The zero-order valence-electron chi connectivity index (χ0n) is 14.2. The molecule has 3 aromatic rings. The Hall–Kier alpha value is -3.17. The van der Waals surface area contributed by atoms with Crippen molar-refractivity contribution in [3.05, 3.63) is 44.9 Å². The molecule has 0 unspecified atom stereocenters. The normalized spacial score (nSPS) is 14.8. The van der Waals surface area contributed by atoms with Gasteiger partial charge in [0.15, 0.2) is 11.5 Å². The van der Waals surface area contributed by atoms with Crippen molar-refractivity contribution < 1.29 is 0 Å². The average molecular weight is 342 g/mol. The minimum atomic E-state index is -0.416. The van der Waals surface area contributed by atoms with Crippen LogP contribution in [0.25, 0.3) is 5.65 Å². The summed E-state index contributed by atoms with van der Waals surface area (Å²) in [7, 11) is 3.32. The van der Waals surface area contributed by atoms with Crippen LogP contribution < -0.4 is 21.0 Å². The highest BCUT2D eigenvalue weighted by molar-refractivity contribution is 5.50. The van der Waals surface area contributed by atoms with Gasteiger partial charge in [-0.25, -0.2) is 4.79 Å². The number of hydrogen-bond donors (Lipinski definition) is 1. The van der Waals surface area contributed by atoms with Crippen LogP contribution in [0.15, 0.2) is 27.8 Å². The number of aromatic nitrogens is 6. The molecular formula is C15H18N8O2. The summed E-state index contributed by atoms with van der Waals surface area (Å²) < 4.78 is 2.76. The van der Waals surface area contributed by atoms with E-state index < -0.39 is 5.69 Å². The predicted molar refractivity (Wildman–Crippen MR) is 92.2 cm³/mol. The van der Waals surface area contributed by atoms with E-state index in [9.17, 15) is 9.59 Å². The summed E-state index contributed by atoms with van der Waals surface area (Å²) in [5.74, 6) is 2.11. The fraction of sp³-hybridized carbons (Fsp3) is 0.400. The zero-order chi connectivity index (χ0) is 17.7. The van der Waals surface area contributed by atoms with Crippen molar-refractivity contribution in [1.82, 2.24) is 29.4 Å². The molecule has 3 aromatic heterocycles. The third-order valence-corrected chi connectivity index (χ3v) is 4.65. The first-order chi connectivity index (χ1) is 11.9. The number of aryl methyl sites for hydroxylation is 1. The Morgan fingerprint density at radius 3 is 2.72 bits per heavy atom. The van der Waals surface area contributed by atoms with Gasteiger partial charge in [0.1, 0.15) is 11.6 Å². The van der Waals surface area contributed by atoms with Crippen molar-refractivity contribution >= 4 is 17.3 Å². The van der Waals surface area contributed by atoms with Gasteiger partial charge in [-0.1, -0.05) is 0 Å². The van der Waals surface area contributed by atoms with Crippen LogP contribution in [0.4, 0.5) is 11.6 Å². The molecule has 0 radical (unpaired) electrons. The zero-order valence-corrected chi connectivity index (χ0v) is 14.2. The summed E-state index contributed by atoms with van der Waals surface area (Å²) in [6.45, 7) is 3.34. The van der Waals surface area contributed by atoms with E-state index in [1.165, 1.54) is 13.1 Å². The summed E-state index contributed by atoms with van der Waals surface area (Å²) in [6, 6.07) is 5.43. The lowest BCUT2D eigenvalue weighted by molar-refractivity contribution is 0.485. The van der Waals surface area contributed by atoms with Gasteiger partial charge < -0.3 is 9.80 Å². The van der Waals surface area contributed by atoms with Crippen molar-refractivity contribution in [3.8, 4) is 0 Å². The molecule has 0 aliphatic carbocycles. The third kappa shape index (κ3) is 2.46. The van der Waals surface area contributed by atoms with Crippen molar-refractivity contribution in [2.45, 2.75) is 13.0 Å². The van der Waals surface area contributed by atoms with Crippen LogP contribution in [-0.4, -0.2) is 55.5 Å². The second-order valence-corrected chi connectivity index (χ2v) is 6.24. The molecule has 1 aliphatic rings. The molecule has 0 spiro atoms. The minimum Gasteiger partial charge on any atom is -0.354 e. The summed E-state index contributed by atoms with van der Waals surface area (Å²) in [4.78, 5) is 30.3. The number of aromatic amines is 1. The first-order valence-corrected chi connectivity index (χ1v) is 7.91. The van der Waals surface area contributed by atoms with E-state index in [4.69, 9.17) is 0 Å². The quantitative estimate of drug-likeness (QED) is 0.661. The van der Waals surface area contributed by atoms with Crippen LogP contribution in [-0.2, 0) is 7.05 Å². The van der Waals surface area contributed by atoms with Gasteiger partial charge in [-0.15, -0.1) is 15.3 Å². The largest absolute Gasteiger partial charge is 0.354 e. The molecule has 0 atom stereocenters. The Bertz CT molecular complexity index is 1030. The van der Waals surface area contributed by atoms with Crippen LogP contribution in [0.3, 0.4) is 0 Å². The Morgan fingerprint density at radius 1 is 1.24 bits per heavy atom. The molecule has 1 aliphatic heterocycles. The lowest BCUT2D eigenvalue weighted by Crippen LogP contribution is -2.59. The number of hydrogen-bond acceptors (Lipinski definition) is 7. The van der Waals surface area contributed by atoms with E-state index in [-0.39, 0.29) is 11.6 Å². The van der Waals surface area contributed by atoms with E-state index in [0.29, 0.717) is 11.5 Å². The Balaban J connectivity index is 1.51. The molecule has 0 amide bonds. The number of H-pyrrole nitrogens is 1. The molecular weight excluding hydrogens is 324 g/mol. The van der Waals surface area contributed by atoms with Gasteiger partial charge in [-0.3, -0.25) is 14.3 Å². The van der Waals surface area contributed by atoms with E-state index in [2.05, 4.69) is 25.2 Å². The van der Waals surface area contributed by atoms with Gasteiger partial charge in [0.2, 0.25) is 0 Å². The molecule has 4 rings (SSSR count). The highest BCUT2D eigenvalue weighted by atomic mass is 16.2. The maximum Gasteiger partial charge on any atom is 0.329 e. The summed E-state index contributed by atoms with van der Waals surface area (Å²) in [5.41, 5.74) is -0.0224. The molecule has 0 saturated carbocycles. The summed E-state index contributed by atoms with van der Waals surface area (Å²) in [6.07, 6.45) is 0. The number of anilines is 2. The fourth-order valence-corrected chi connectivity index (χ4v) is 2.87. The molecule has 1 fully saturated rings. The van der Waals surface area contributed by atoms with Crippen molar-refractivity contribution in [3.63, 3.8) is 0 Å². The van der Waals surface area contributed by atoms with E-state index in [1.807, 2.05) is 31.0 Å². The van der Waals surface area contributed by atoms with Gasteiger partial charge in [0.05, 0.1) is 6.04 Å². The molecule has 4 heterocycles. The smallest absolute Gasteiger partial charge is 0.329 e. The Labute approximate surface area is 142 Å². The monoisotopic (exact) mass is 342 g/mol. The number of nitrogens with zero attached hydrogens (tertiary/aromatic N) is 7. The van der Waals surface area contributed by atoms with Crippen molar-refractivity contribution in [1.29, 1.82) is 0 Å². The second-order valence-electron chi connectivity index (χ2n) is 6.24. The number of rotatable bonds is 3. The molecule has 25 heavy (non-hydrogen) atoms. The van der Waals surface area contributed by atoms with Gasteiger partial charge in [0.25, 0.3) is 5.56 Å². The van der Waals surface area contributed by atoms with Crippen LogP contribution in [0, 0.1) is 6.92 Å². The molecule has 0 bridgehead atoms. The van der Waals surface area contributed by atoms with Crippen molar-refractivity contribution in [2.24, 2.45) is 7.05 Å². The van der Waals surface area contributed by atoms with E-state index in [0.717, 1.165) is 29.3 Å². The minimum absolute atomic E-state index is 0.183. The SMILES string of the molecule is Cc1nnc2ccc(N3CC(N(C)c4cc(=O)n(C)c(=O)[nH]4)C3)nn12. The highest BCUT2D eigenvalue weighted by Gasteiger charge is 2.32. The first kappa shape index (κ1) is 15.4.